The van der Waals surface area contributed by atoms with E-state index in [0.29, 0.717) is 11.4 Å². The predicted molar refractivity (Wildman–Crippen MR) is 159 cm³/mol. The Kier molecular flexibility index (Phi) is 6.98. The van der Waals surface area contributed by atoms with Crippen LogP contribution >= 0.6 is 11.6 Å². The summed E-state index contributed by atoms with van der Waals surface area (Å²) >= 11 is 6.38. The first kappa shape index (κ1) is 27.5. The second kappa shape index (κ2) is 10.6. The number of urea groups is 1. The molecule has 0 bridgehead atoms. The number of rotatable bonds is 7. The van der Waals surface area contributed by atoms with E-state index in [1.165, 1.54) is 12.1 Å². The number of amides is 4. The SMILES string of the molecule is CC(C)C[C@@H](NC(=O)c1ccccc1N1C(=O)[C@@H]2Cc3c([nH]c4ccccc34)[C@H](c3cccc(Cl)c3)N2C1=O)C(=O)O. The number of nitrogens with one attached hydrogen (secondary N) is 2. The Morgan fingerprint density at radius 2 is 1.79 bits per heavy atom. The standard InChI is InChI=1S/C32H29ClN4O5/c1-17(2)14-24(31(40)41)35-29(38)21-11-4-6-13-25(21)37-30(39)26-16-22-20-10-3-5-12-23(20)34-27(22)28(36(26)32(37)42)18-8-7-9-19(33)15-18/h3-13,15,17,24,26,28,34H,14,16H2,1-2H3,(H,35,38)(H,40,41)/t24-,26+,28+/m1/s1. The number of anilines is 1. The minimum Gasteiger partial charge on any atom is -0.480 e. The van der Waals surface area contributed by atoms with Crippen molar-refractivity contribution >= 4 is 52.0 Å². The summed E-state index contributed by atoms with van der Waals surface area (Å²) in [6.07, 6.45) is 0.523. The van der Waals surface area contributed by atoms with Crippen molar-refractivity contribution in [3.63, 3.8) is 0 Å². The Hall–Kier alpha value is -4.63. The Morgan fingerprint density at radius 3 is 2.52 bits per heavy atom. The molecule has 2 aliphatic rings. The molecule has 4 amide bonds. The van der Waals surface area contributed by atoms with Crippen LogP contribution in [0.5, 0.6) is 0 Å². The van der Waals surface area contributed by atoms with Gasteiger partial charge in [-0.1, -0.05) is 67.9 Å². The summed E-state index contributed by atoms with van der Waals surface area (Å²) in [6, 6.07) is 18.1. The van der Waals surface area contributed by atoms with Gasteiger partial charge < -0.3 is 15.4 Å². The smallest absolute Gasteiger partial charge is 0.332 e. The molecule has 1 saturated heterocycles. The van der Waals surface area contributed by atoms with Crippen LogP contribution in [0.25, 0.3) is 10.9 Å². The van der Waals surface area contributed by atoms with E-state index in [9.17, 15) is 24.3 Å². The molecular weight excluding hydrogens is 556 g/mol. The topological polar surface area (TPSA) is 123 Å². The lowest BCUT2D eigenvalue weighted by atomic mass is 9.89. The molecule has 3 heterocycles. The van der Waals surface area contributed by atoms with Crippen LogP contribution in [0.1, 0.15) is 53.5 Å². The molecule has 9 nitrogen and oxygen atoms in total. The first-order valence-corrected chi connectivity index (χ1v) is 14.2. The number of hydrogen-bond donors (Lipinski definition) is 3. The number of hydrogen-bond acceptors (Lipinski definition) is 4. The molecule has 4 aromatic rings. The van der Waals surface area contributed by atoms with Gasteiger partial charge in [-0.3, -0.25) is 14.5 Å². The van der Waals surface area contributed by atoms with Crippen LogP contribution in [0.2, 0.25) is 5.02 Å². The molecule has 42 heavy (non-hydrogen) atoms. The van der Waals surface area contributed by atoms with Gasteiger partial charge in [-0.05, 0) is 53.8 Å². The molecule has 0 aliphatic carbocycles. The van der Waals surface area contributed by atoms with Gasteiger partial charge in [0, 0.05) is 28.0 Å². The van der Waals surface area contributed by atoms with Crippen molar-refractivity contribution in [2.75, 3.05) is 4.90 Å². The maximum atomic E-state index is 14.3. The van der Waals surface area contributed by atoms with Crippen LogP contribution in [0.4, 0.5) is 10.5 Å². The van der Waals surface area contributed by atoms with E-state index in [0.717, 1.165) is 32.6 Å². The summed E-state index contributed by atoms with van der Waals surface area (Å²) in [4.78, 5) is 59.7. The Balaban J connectivity index is 1.43. The second-order valence-electron chi connectivity index (χ2n) is 11.1. The van der Waals surface area contributed by atoms with Crippen molar-refractivity contribution in [3.05, 3.63) is 100 Å². The van der Waals surface area contributed by atoms with Gasteiger partial charge in [-0.15, -0.1) is 0 Å². The highest BCUT2D eigenvalue weighted by atomic mass is 35.5. The van der Waals surface area contributed by atoms with Crippen LogP contribution in [0.3, 0.4) is 0 Å². The Bertz CT molecular complexity index is 1750. The maximum Gasteiger partial charge on any atom is 0.332 e. The van der Waals surface area contributed by atoms with Crippen molar-refractivity contribution in [1.82, 2.24) is 15.2 Å². The molecule has 1 aromatic heterocycles. The Labute approximate surface area is 247 Å². The molecule has 3 aromatic carbocycles. The van der Waals surface area contributed by atoms with Crippen molar-refractivity contribution in [3.8, 4) is 0 Å². The average Bonchev–Trinajstić information content (AvgIpc) is 3.45. The number of carbonyl (C=O) groups excluding carboxylic acids is 3. The number of carbonyl (C=O) groups is 4. The van der Waals surface area contributed by atoms with Crippen LogP contribution in [-0.4, -0.2) is 50.9 Å². The third-order valence-corrected chi connectivity index (χ3v) is 8.15. The normalized spacial score (nSPS) is 18.8. The fourth-order valence-corrected chi connectivity index (χ4v) is 6.31. The summed E-state index contributed by atoms with van der Waals surface area (Å²) in [5.74, 6) is -2.26. The van der Waals surface area contributed by atoms with Gasteiger partial charge in [0.2, 0.25) is 0 Å². The van der Waals surface area contributed by atoms with E-state index < -0.39 is 41.9 Å². The lowest BCUT2D eigenvalue weighted by Gasteiger charge is -2.36. The predicted octanol–water partition coefficient (Wildman–Crippen LogP) is 5.53. The van der Waals surface area contributed by atoms with Gasteiger partial charge in [-0.25, -0.2) is 14.5 Å². The number of nitrogens with zero attached hydrogens (tertiary/aromatic N) is 2. The van der Waals surface area contributed by atoms with E-state index in [-0.39, 0.29) is 23.6 Å². The molecular formula is C32H29ClN4O5. The van der Waals surface area contributed by atoms with Crippen molar-refractivity contribution in [2.45, 2.75) is 44.8 Å². The van der Waals surface area contributed by atoms with Crippen LogP contribution in [0.15, 0.2) is 72.8 Å². The van der Waals surface area contributed by atoms with E-state index in [4.69, 9.17) is 11.6 Å². The molecule has 0 saturated carbocycles. The number of benzene rings is 3. The van der Waals surface area contributed by atoms with E-state index in [2.05, 4.69) is 10.3 Å². The fraction of sp³-hybridized carbons (Fsp3) is 0.250. The van der Waals surface area contributed by atoms with Gasteiger partial charge in [0.25, 0.3) is 11.8 Å². The largest absolute Gasteiger partial charge is 0.480 e. The third-order valence-electron chi connectivity index (χ3n) is 7.91. The van der Waals surface area contributed by atoms with Crippen LogP contribution in [-0.2, 0) is 16.0 Å². The number of aromatic amines is 1. The van der Waals surface area contributed by atoms with Gasteiger partial charge in [-0.2, -0.15) is 0 Å². The van der Waals surface area contributed by atoms with Crippen LogP contribution < -0.4 is 10.2 Å². The molecule has 1 fully saturated rings. The minimum absolute atomic E-state index is 0.0240. The number of aliphatic carboxylic acids is 1. The molecule has 0 radical (unpaired) electrons. The number of aromatic nitrogens is 1. The highest BCUT2D eigenvalue weighted by molar-refractivity contribution is 6.30. The van der Waals surface area contributed by atoms with Gasteiger partial charge in [0.15, 0.2) is 0 Å². The first-order chi connectivity index (χ1) is 20.2. The maximum absolute atomic E-state index is 14.3. The average molecular weight is 585 g/mol. The lowest BCUT2D eigenvalue weighted by Crippen LogP contribution is -2.44. The zero-order chi connectivity index (χ0) is 29.7. The summed E-state index contributed by atoms with van der Waals surface area (Å²) in [5, 5.41) is 13.7. The Morgan fingerprint density at radius 1 is 1.05 bits per heavy atom. The number of H-pyrrole nitrogens is 1. The zero-order valence-corrected chi connectivity index (χ0v) is 23.8. The molecule has 3 N–H and O–H groups in total. The van der Waals surface area contributed by atoms with Gasteiger partial charge >= 0.3 is 12.0 Å². The summed E-state index contributed by atoms with van der Waals surface area (Å²) in [6.45, 7) is 3.73. The molecule has 2 aliphatic heterocycles. The first-order valence-electron chi connectivity index (χ1n) is 13.8. The number of imide groups is 1. The molecule has 0 spiro atoms. The molecule has 10 heteroatoms. The monoisotopic (exact) mass is 584 g/mol. The van der Waals surface area contributed by atoms with Crippen molar-refractivity contribution in [1.29, 1.82) is 0 Å². The van der Waals surface area contributed by atoms with Gasteiger partial charge in [0.1, 0.15) is 18.1 Å². The second-order valence-corrected chi connectivity index (χ2v) is 11.6. The summed E-state index contributed by atoms with van der Waals surface area (Å²) in [5.41, 5.74) is 3.55. The van der Waals surface area contributed by atoms with Crippen molar-refractivity contribution in [2.24, 2.45) is 5.92 Å². The number of halogens is 1. The quantitative estimate of drug-likeness (QED) is 0.246. The molecule has 214 valence electrons. The molecule has 0 unspecified atom stereocenters. The van der Waals surface area contributed by atoms with Gasteiger partial charge in [0.05, 0.1) is 11.3 Å². The van der Waals surface area contributed by atoms with E-state index in [1.54, 1.807) is 35.2 Å². The molecule has 3 atom stereocenters. The zero-order valence-electron chi connectivity index (χ0n) is 23.0. The van der Waals surface area contributed by atoms with Crippen LogP contribution in [0, 0.1) is 5.92 Å². The van der Waals surface area contributed by atoms with Crippen molar-refractivity contribution < 1.29 is 24.3 Å². The fourth-order valence-electron chi connectivity index (χ4n) is 6.11. The van der Waals surface area contributed by atoms with E-state index in [1.807, 2.05) is 44.2 Å². The summed E-state index contributed by atoms with van der Waals surface area (Å²) in [7, 11) is 0. The molecule has 6 rings (SSSR count). The lowest BCUT2D eigenvalue weighted by molar-refractivity contribution is -0.139. The third kappa shape index (κ3) is 4.59. The number of para-hydroxylation sites is 2. The minimum atomic E-state index is -1.15. The summed E-state index contributed by atoms with van der Waals surface area (Å²) < 4.78 is 0. The van der Waals surface area contributed by atoms with E-state index >= 15 is 0 Å². The number of fused-ring (bicyclic) bond motifs is 4. The highest BCUT2D eigenvalue weighted by Gasteiger charge is 2.53. The highest BCUT2D eigenvalue weighted by Crippen LogP contribution is 2.45. The number of carboxylic acids is 1. The number of carboxylic acid groups (broad SMARTS) is 1.